The SMILES string of the molecule is CC1CCc2c(nnn2CCOc2ccc(N)cc2)C1. The van der Waals surface area contributed by atoms with E-state index in [9.17, 15) is 0 Å². The Hall–Kier alpha value is -2.04. The predicted octanol–water partition coefficient (Wildman–Crippen LogP) is 2.06. The van der Waals surface area contributed by atoms with E-state index in [0.29, 0.717) is 6.61 Å². The van der Waals surface area contributed by atoms with Crippen molar-refractivity contribution in [2.45, 2.75) is 32.7 Å². The molecular formula is C15H20N4O. The fourth-order valence-corrected chi connectivity index (χ4v) is 2.61. The van der Waals surface area contributed by atoms with Gasteiger partial charge in [0.1, 0.15) is 12.4 Å². The lowest BCUT2D eigenvalue weighted by molar-refractivity contribution is 0.286. The fraction of sp³-hybridized carbons (Fsp3) is 0.467. The van der Waals surface area contributed by atoms with Crippen LogP contribution in [0.1, 0.15) is 24.7 Å². The van der Waals surface area contributed by atoms with Crippen LogP contribution in [0.25, 0.3) is 0 Å². The van der Waals surface area contributed by atoms with E-state index in [1.807, 2.05) is 28.9 Å². The van der Waals surface area contributed by atoms with Crippen LogP contribution in [0.4, 0.5) is 5.69 Å². The minimum Gasteiger partial charge on any atom is -0.492 e. The van der Waals surface area contributed by atoms with Gasteiger partial charge in [-0.1, -0.05) is 12.1 Å². The summed E-state index contributed by atoms with van der Waals surface area (Å²) in [4.78, 5) is 0. The van der Waals surface area contributed by atoms with Crippen LogP contribution in [-0.2, 0) is 19.4 Å². The number of aromatic nitrogens is 3. The van der Waals surface area contributed by atoms with Gasteiger partial charge in [-0.15, -0.1) is 5.10 Å². The summed E-state index contributed by atoms with van der Waals surface area (Å²) in [6.07, 6.45) is 3.35. The van der Waals surface area contributed by atoms with Gasteiger partial charge < -0.3 is 10.5 Å². The molecule has 1 aliphatic rings. The Labute approximate surface area is 118 Å². The lowest BCUT2D eigenvalue weighted by Gasteiger charge is -2.17. The van der Waals surface area contributed by atoms with E-state index < -0.39 is 0 Å². The van der Waals surface area contributed by atoms with Crippen molar-refractivity contribution < 1.29 is 4.74 Å². The standard InChI is InChI=1S/C15H20N4O/c1-11-2-7-15-14(10-11)17-18-19(15)8-9-20-13-5-3-12(16)4-6-13/h3-6,11H,2,7-10,16H2,1H3. The first-order chi connectivity index (χ1) is 9.72. The molecule has 0 fully saturated rings. The molecule has 5 nitrogen and oxygen atoms in total. The number of hydrogen-bond acceptors (Lipinski definition) is 4. The number of fused-ring (bicyclic) bond motifs is 1. The Bertz CT molecular complexity index is 576. The summed E-state index contributed by atoms with van der Waals surface area (Å²) in [5.41, 5.74) is 8.83. The normalized spacial score (nSPS) is 17.8. The lowest BCUT2D eigenvalue weighted by atomic mass is 9.91. The van der Waals surface area contributed by atoms with Gasteiger partial charge in [0.25, 0.3) is 0 Å². The van der Waals surface area contributed by atoms with Gasteiger partial charge in [0.05, 0.1) is 17.9 Å². The molecule has 1 atom stereocenters. The Kier molecular flexibility index (Phi) is 3.58. The molecule has 0 saturated carbocycles. The zero-order chi connectivity index (χ0) is 13.9. The maximum absolute atomic E-state index is 5.70. The number of anilines is 1. The van der Waals surface area contributed by atoms with Crippen molar-refractivity contribution >= 4 is 5.69 Å². The third-order valence-electron chi connectivity index (χ3n) is 3.79. The van der Waals surface area contributed by atoms with Crippen molar-refractivity contribution in [3.63, 3.8) is 0 Å². The van der Waals surface area contributed by atoms with Crippen molar-refractivity contribution in [2.75, 3.05) is 12.3 Å². The molecule has 5 heteroatoms. The molecule has 0 aliphatic heterocycles. The first-order valence-corrected chi connectivity index (χ1v) is 7.12. The van der Waals surface area contributed by atoms with Gasteiger partial charge in [0.2, 0.25) is 0 Å². The number of ether oxygens (including phenoxy) is 1. The van der Waals surface area contributed by atoms with Gasteiger partial charge >= 0.3 is 0 Å². The highest BCUT2D eigenvalue weighted by Crippen LogP contribution is 2.23. The molecule has 1 heterocycles. The number of nitrogens with two attached hydrogens (primary N) is 1. The lowest BCUT2D eigenvalue weighted by Crippen LogP contribution is -2.17. The van der Waals surface area contributed by atoms with Gasteiger partial charge in [0, 0.05) is 5.69 Å². The van der Waals surface area contributed by atoms with Crippen molar-refractivity contribution in [1.82, 2.24) is 15.0 Å². The largest absolute Gasteiger partial charge is 0.492 e. The molecule has 0 bridgehead atoms. The molecule has 20 heavy (non-hydrogen) atoms. The van der Waals surface area contributed by atoms with E-state index in [2.05, 4.69) is 17.2 Å². The molecule has 3 rings (SSSR count). The Morgan fingerprint density at radius 1 is 1.35 bits per heavy atom. The molecule has 1 aromatic carbocycles. The monoisotopic (exact) mass is 272 g/mol. The van der Waals surface area contributed by atoms with Crippen molar-refractivity contribution in [3.8, 4) is 5.75 Å². The van der Waals surface area contributed by atoms with Gasteiger partial charge in [-0.3, -0.25) is 0 Å². The first-order valence-electron chi connectivity index (χ1n) is 7.12. The minimum atomic E-state index is 0.593. The molecule has 0 radical (unpaired) electrons. The summed E-state index contributed by atoms with van der Waals surface area (Å²) in [5, 5.41) is 8.53. The van der Waals surface area contributed by atoms with Gasteiger partial charge in [-0.2, -0.15) is 0 Å². The van der Waals surface area contributed by atoms with Crippen LogP contribution < -0.4 is 10.5 Å². The molecule has 2 N–H and O–H groups in total. The highest BCUT2D eigenvalue weighted by molar-refractivity contribution is 5.41. The molecule has 1 aliphatic carbocycles. The van der Waals surface area contributed by atoms with Crippen LogP contribution in [-0.4, -0.2) is 21.6 Å². The quantitative estimate of drug-likeness (QED) is 0.865. The van der Waals surface area contributed by atoms with Crippen LogP contribution in [0, 0.1) is 5.92 Å². The summed E-state index contributed by atoms with van der Waals surface area (Å²) < 4.78 is 7.69. The highest BCUT2D eigenvalue weighted by Gasteiger charge is 2.20. The van der Waals surface area contributed by atoms with Crippen molar-refractivity contribution in [1.29, 1.82) is 0 Å². The second-order valence-corrected chi connectivity index (χ2v) is 5.47. The average Bonchev–Trinajstić information content (AvgIpc) is 2.83. The Morgan fingerprint density at radius 3 is 2.95 bits per heavy atom. The topological polar surface area (TPSA) is 66.0 Å². The van der Waals surface area contributed by atoms with Crippen LogP contribution in [0.3, 0.4) is 0 Å². The van der Waals surface area contributed by atoms with E-state index in [-0.39, 0.29) is 0 Å². The summed E-state index contributed by atoms with van der Waals surface area (Å²) >= 11 is 0. The molecule has 1 aromatic heterocycles. The second kappa shape index (κ2) is 5.53. The van der Waals surface area contributed by atoms with Gasteiger partial charge in [-0.05, 0) is 49.4 Å². The highest BCUT2D eigenvalue weighted by atomic mass is 16.5. The van der Waals surface area contributed by atoms with Crippen LogP contribution >= 0.6 is 0 Å². The zero-order valence-corrected chi connectivity index (χ0v) is 11.7. The third kappa shape index (κ3) is 2.76. The summed E-state index contributed by atoms with van der Waals surface area (Å²) in [6, 6.07) is 7.45. The number of hydrogen-bond donors (Lipinski definition) is 1. The summed E-state index contributed by atoms with van der Waals surface area (Å²) in [5.74, 6) is 1.56. The molecule has 106 valence electrons. The summed E-state index contributed by atoms with van der Waals surface area (Å²) in [6.45, 7) is 3.60. The maximum Gasteiger partial charge on any atom is 0.119 e. The van der Waals surface area contributed by atoms with Gasteiger partial charge in [0.15, 0.2) is 0 Å². The first kappa shape index (κ1) is 13.0. The van der Waals surface area contributed by atoms with Crippen LogP contribution in [0.15, 0.2) is 24.3 Å². The number of benzene rings is 1. The molecule has 0 spiro atoms. The zero-order valence-electron chi connectivity index (χ0n) is 11.7. The molecule has 0 saturated heterocycles. The minimum absolute atomic E-state index is 0.593. The number of rotatable bonds is 4. The van der Waals surface area contributed by atoms with E-state index in [1.54, 1.807) is 0 Å². The summed E-state index contributed by atoms with van der Waals surface area (Å²) in [7, 11) is 0. The maximum atomic E-state index is 5.70. The smallest absolute Gasteiger partial charge is 0.119 e. The van der Waals surface area contributed by atoms with Crippen LogP contribution in [0.2, 0.25) is 0 Å². The van der Waals surface area contributed by atoms with Crippen molar-refractivity contribution in [2.24, 2.45) is 5.92 Å². The van der Waals surface area contributed by atoms with E-state index in [1.165, 1.54) is 12.1 Å². The second-order valence-electron chi connectivity index (χ2n) is 5.47. The predicted molar refractivity (Wildman–Crippen MR) is 77.6 cm³/mol. The molecule has 0 amide bonds. The van der Waals surface area contributed by atoms with Crippen LogP contribution in [0.5, 0.6) is 5.75 Å². The Balaban J connectivity index is 1.58. The molecule has 1 unspecified atom stereocenters. The molecule has 2 aromatic rings. The van der Waals surface area contributed by atoms with E-state index in [4.69, 9.17) is 10.5 Å². The number of nitrogen functional groups attached to an aromatic ring is 1. The average molecular weight is 272 g/mol. The Morgan fingerprint density at radius 2 is 2.15 bits per heavy atom. The van der Waals surface area contributed by atoms with E-state index in [0.717, 1.165) is 42.4 Å². The van der Waals surface area contributed by atoms with Crippen molar-refractivity contribution in [3.05, 3.63) is 35.7 Å². The molecular weight excluding hydrogens is 252 g/mol. The van der Waals surface area contributed by atoms with Gasteiger partial charge in [-0.25, -0.2) is 4.68 Å². The third-order valence-corrected chi connectivity index (χ3v) is 3.79. The fourth-order valence-electron chi connectivity index (χ4n) is 2.61. The number of nitrogens with zero attached hydrogens (tertiary/aromatic N) is 3. The van der Waals surface area contributed by atoms with E-state index >= 15 is 0 Å².